The molecule has 0 saturated carbocycles. The minimum atomic E-state index is -0.871. The number of aryl methyl sites for hydroxylation is 1. The van der Waals surface area contributed by atoms with Crippen molar-refractivity contribution in [1.29, 1.82) is 0 Å². The molecule has 1 aliphatic heterocycles. The van der Waals surface area contributed by atoms with Gasteiger partial charge in [0.05, 0.1) is 28.1 Å². The molecule has 1 aliphatic rings. The molecule has 3 heterocycles. The summed E-state index contributed by atoms with van der Waals surface area (Å²) in [5.74, 6) is -1.83. The Bertz CT molecular complexity index is 1360. The number of Topliss-reactive ketones (excluding diaryl/α,β-unsaturated/α-hetero) is 1. The number of ketones is 1. The molecule has 2 aromatic heterocycles. The second-order valence-electron chi connectivity index (χ2n) is 7.17. The van der Waals surface area contributed by atoms with E-state index in [1.54, 1.807) is 30.3 Å². The van der Waals surface area contributed by atoms with Gasteiger partial charge >= 0.3 is 0 Å². The van der Waals surface area contributed by atoms with Crippen molar-refractivity contribution in [3.05, 3.63) is 94.1 Å². The highest BCUT2D eigenvalue weighted by atomic mass is 35.5. The number of thiazole rings is 1. The average molecular weight is 451 g/mol. The maximum atomic E-state index is 13.2. The standard InChI is InChI=1S/C23H15ClN2O4S/c1-12-4-9-15-17(11-12)31-23(25-15)26-19(13-5-7-14(24)8-6-13)18(21(28)22(26)29)20(27)16-3-2-10-30-16/h2-11,19,28H,1H3/t19-/m0/s1. The molecule has 0 spiro atoms. The van der Waals surface area contributed by atoms with Crippen molar-refractivity contribution in [2.75, 3.05) is 4.90 Å². The number of benzene rings is 2. The van der Waals surface area contributed by atoms with Gasteiger partial charge in [-0.2, -0.15) is 0 Å². The Morgan fingerprint density at radius 2 is 1.97 bits per heavy atom. The number of carbonyl (C=O) groups is 2. The van der Waals surface area contributed by atoms with E-state index in [4.69, 9.17) is 16.0 Å². The molecule has 0 unspecified atom stereocenters. The molecule has 0 radical (unpaired) electrons. The Kier molecular flexibility index (Phi) is 4.64. The van der Waals surface area contributed by atoms with Crippen molar-refractivity contribution in [1.82, 2.24) is 4.98 Å². The van der Waals surface area contributed by atoms with Crippen molar-refractivity contribution in [2.24, 2.45) is 0 Å². The lowest BCUT2D eigenvalue weighted by Crippen LogP contribution is -2.30. The van der Waals surface area contributed by atoms with E-state index in [0.29, 0.717) is 15.7 Å². The van der Waals surface area contributed by atoms with Crippen LogP contribution in [0.15, 0.2) is 76.6 Å². The molecule has 1 atom stereocenters. The van der Waals surface area contributed by atoms with E-state index < -0.39 is 23.5 Å². The molecular formula is C23H15ClN2O4S. The maximum absolute atomic E-state index is 13.2. The van der Waals surface area contributed by atoms with E-state index in [9.17, 15) is 14.7 Å². The summed E-state index contributed by atoms with van der Waals surface area (Å²) < 4.78 is 6.14. The zero-order valence-corrected chi connectivity index (χ0v) is 17.8. The highest BCUT2D eigenvalue weighted by Gasteiger charge is 2.46. The zero-order chi connectivity index (χ0) is 21.7. The fourth-order valence-corrected chi connectivity index (χ4v) is 4.87. The minimum absolute atomic E-state index is 0.0371. The van der Waals surface area contributed by atoms with Gasteiger partial charge in [-0.3, -0.25) is 14.5 Å². The number of amides is 1. The molecule has 0 fully saturated rings. The summed E-state index contributed by atoms with van der Waals surface area (Å²) in [5.41, 5.74) is 2.36. The molecule has 1 N–H and O–H groups in total. The molecule has 31 heavy (non-hydrogen) atoms. The molecule has 0 saturated heterocycles. The van der Waals surface area contributed by atoms with Gasteiger partial charge in [0.2, 0.25) is 5.78 Å². The molecule has 0 bridgehead atoms. The number of aliphatic hydroxyl groups is 1. The van der Waals surface area contributed by atoms with Crippen LogP contribution in [-0.4, -0.2) is 21.8 Å². The van der Waals surface area contributed by atoms with Crippen molar-refractivity contribution >= 4 is 50.0 Å². The zero-order valence-electron chi connectivity index (χ0n) is 16.2. The van der Waals surface area contributed by atoms with Crippen LogP contribution in [-0.2, 0) is 4.79 Å². The summed E-state index contributed by atoms with van der Waals surface area (Å²) in [7, 11) is 0. The number of hydrogen-bond donors (Lipinski definition) is 1. The molecule has 1 amide bonds. The lowest BCUT2D eigenvalue weighted by molar-refractivity contribution is -0.117. The van der Waals surface area contributed by atoms with Gasteiger partial charge in [-0.1, -0.05) is 41.1 Å². The van der Waals surface area contributed by atoms with Crippen LogP contribution in [0.4, 0.5) is 5.13 Å². The number of fused-ring (bicyclic) bond motifs is 1. The van der Waals surface area contributed by atoms with Crippen LogP contribution >= 0.6 is 22.9 Å². The predicted molar refractivity (Wildman–Crippen MR) is 119 cm³/mol. The number of carbonyl (C=O) groups excluding carboxylic acids is 2. The monoisotopic (exact) mass is 450 g/mol. The molecular weight excluding hydrogens is 436 g/mol. The van der Waals surface area contributed by atoms with Crippen LogP contribution in [0.25, 0.3) is 10.2 Å². The van der Waals surface area contributed by atoms with Crippen LogP contribution in [0, 0.1) is 6.92 Å². The fourth-order valence-electron chi connectivity index (χ4n) is 3.66. The van der Waals surface area contributed by atoms with E-state index in [2.05, 4.69) is 4.98 Å². The van der Waals surface area contributed by atoms with E-state index in [0.717, 1.165) is 15.8 Å². The van der Waals surface area contributed by atoms with Crippen molar-refractivity contribution in [2.45, 2.75) is 13.0 Å². The Morgan fingerprint density at radius 3 is 2.68 bits per heavy atom. The third-order valence-corrected chi connectivity index (χ3v) is 6.39. The number of rotatable bonds is 4. The highest BCUT2D eigenvalue weighted by Crippen LogP contribution is 2.44. The van der Waals surface area contributed by atoms with E-state index in [1.807, 2.05) is 25.1 Å². The summed E-state index contributed by atoms with van der Waals surface area (Å²) >= 11 is 7.37. The quantitative estimate of drug-likeness (QED) is 0.407. The second kappa shape index (κ2) is 7.37. The van der Waals surface area contributed by atoms with Crippen molar-refractivity contribution in [3.8, 4) is 0 Å². The van der Waals surface area contributed by atoms with Gasteiger partial charge in [0.15, 0.2) is 16.7 Å². The van der Waals surface area contributed by atoms with E-state index >= 15 is 0 Å². The predicted octanol–water partition coefficient (Wildman–Crippen LogP) is 5.63. The molecule has 2 aromatic carbocycles. The first kappa shape index (κ1) is 19.5. The third-order valence-electron chi connectivity index (χ3n) is 5.12. The number of halogens is 1. The number of anilines is 1. The summed E-state index contributed by atoms with van der Waals surface area (Å²) in [6, 6.07) is 14.8. The van der Waals surface area contributed by atoms with Crippen molar-refractivity contribution < 1.29 is 19.1 Å². The number of aliphatic hydroxyl groups excluding tert-OH is 1. The highest BCUT2D eigenvalue weighted by molar-refractivity contribution is 7.22. The third kappa shape index (κ3) is 3.22. The van der Waals surface area contributed by atoms with Gasteiger partial charge in [-0.25, -0.2) is 4.98 Å². The molecule has 0 aliphatic carbocycles. The van der Waals surface area contributed by atoms with Gasteiger partial charge in [0.25, 0.3) is 5.91 Å². The first-order valence-corrected chi connectivity index (χ1v) is 10.6. The second-order valence-corrected chi connectivity index (χ2v) is 8.61. The summed E-state index contributed by atoms with van der Waals surface area (Å²) in [6.45, 7) is 1.98. The van der Waals surface area contributed by atoms with Crippen LogP contribution in [0.1, 0.15) is 27.7 Å². The first-order valence-electron chi connectivity index (χ1n) is 9.41. The molecule has 6 nitrogen and oxygen atoms in total. The number of nitrogens with zero attached hydrogens (tertiary/aromatic N) is 2. The Labute approximate surface area is 186 Å². The van der Waals surface area contributed by atoms with Gasteiger partial charge in [0, 0.05) is 5.02 Å². The fraction of sp³-hybridized carbons (Fsp3) is 0.0870. The molecule has 5 rings (SSSR count). The lowest BCUT2D eigenvalue weighted by atomic mass is 9.95. The van der Waals surface area contributed by atoms with Crippen molar-refractivity contribution in [3.63, 3.8) is 0 Å². The average Bonchev–Trinajstić information content (AvgIpc) is 3.47. The number of aromatic nitrogens is 1. The summed E-state index contributed by atoms with van der Waals surface area (Å²) in [5, 5.41) is 11.6. The normalized spacial score (nSPS) is 16.5. The summed E-state index contributed by atoms with van der Waals surface area (Å²) in [6.07, 6.45) is 1.37. The smallest absolute Gasteiger partial charge is 0.296 e. The number of hydrogen-bond acceptors (Lipinski definition) is 6. The lowest BCUT2D eigenvalue weighted by Gasteiger charge is -2.24. The van der Waals surface area contributed by atoms with E-state index in [1.165, 1.54) is 28.6 Å². The Morgan fingerprint density at radius 1 is 1.19 bits per heavy atom. The minimum Gasteiger partial charge on any atom is -0.503 e. The topological polar surface area (TPSA) is 83.6 Å². The number of furan rings is 1. The van der Waals surface area contributed by atoms with Crippen LogP contribution in [0.2, 0.25) is 5.02 Å². The van der Waals surface area contributed by atoms with Crippen LogP contribution < -0.4 is 4.90 Å². The van der Waals surface area contributed by atoms with Crippen LogP contribution in [0.5, 0.6) is 0 Å². The summed E-state index contributed by atoms with van der Waals surface area (Å²) in [4.78, 5) is 32.3. The van der Waals surface area contributed by atoms with Gasteiger partial charge < -0.3 is 9.52 Å². The maximum Gasteiger partial charge on any atom is 0.296 e. The molecule has 8 heteroatoms. The largest absolute Gasteiger partial charge is 0.503 e. The molecule has 154 valence electrons. The van der Waals surface area contributed by atoms with Gasteiger partial charge in [0.1, 0.15) is 0 Å². The van der Waals surface area contributed by atoms with E-state index in [-0.39, 0.29) is 11.3 Å². The van der Waals surface area contributed by atoms with Crippen LogP contribution in [0.3, 0.4) is 0 Å². The van der Waals surface area contributed by atoms with Gasteiger partial charge in [-0.05, 0) is 54.4 Å². The SMILES string of the molecule is Cc1ccc2nc(N3C(=O)C(O)=C(C(=O)c4ccco4)[C@@H]3c3ccc(Cl)cc3)sc2c1. The Hall–Kier alpha value is -3.42. The van der Waals surface area contributed by atoms with Gasteiger partial charge in [-0.15, -0.1) is 0 Å². The Balaban J connectivity index is 1.68. The molecule has 4 aromatic rings. The first-order chi connectivity index (χ1) is 14.9.